The molecule has 1 rings (SSSR count). The predicted molar refractivity (Wildman–Crippen MR) is 80.1 cm³/mol. The molecule has 0 heterocycles. The molecule has 0 bridgehead atoms. The zero-order valence-electron chi connectivity index (χ0n) is 11.7. The van der Waals surface area contributed by atoms with Gasteiger partial charge in [-0.1, -0.05) is 0 Å². The first-order chi connectivity index (χ1) is 8.66. The molecule has 0 amide bonds. The smallest absolute Gasteiger partial charge is 0.141 e. The van der Waals surface area contributed by atoms with Crippen LogP contribution in [0.5, 0.6) is 5.75 Å². The molecule has 1 unspecified atom stereocenters. The lowest BCUT2D eigenvalue weighted by Crippen LogP contribution is -2.40. The molecular weight excluding hydrogens is 333 g/mol. The highest BCUT2D eigenvalue weighted by Gasteiger charge is 2.28. The van der Waals surface area contributed by atoms with Crippen LogP contribution in [0.15, 0.2) is 16.6 Å². The summed E-state index contributed by atoms with van der Waals surface area (Å²) in [6.45, 7) is 7.48. The maximum Gasteiger partial charge on any atom is 0.141 e. The Bertz CT molecular complexity index is 451. The van der Waals surface area contributed by atoms with Gasteiger partial charge >= 0.3 is 0 Å². The number of ether oxygens (including phenoxy) is 1. The molecule has 0 radical (unpaired) electrons. The maximum absolute atomic E-state index is 13.7. The van der Waals surface area contributed by atoms with Crippen LogP contribution >= 0.6 is 15.9 Å². The van der Waals surface area contributed by atoms with Crippen molar-refractivity contribution < 1.29 is 13.7 Å². The molecule has 0 aromatic heterocycles. The van der Waals surface area contributed by atoms with Crippen molar-refractivity contribution >= 4 is 27.3 Å². The summed E-state index contributed by atoms with van der Waals surface area (Å²) >= 11 is 1.91. The minimum Gasteiger partial charge on any atom is -0.598 e. The van der Waals surface area contributed by atoms with Crippen LogP contribution in [0, 0.1) is 5.82 Å². The van der Waals surface area contributed by atoms with Gasteiger partial charge in [0, 0.05) is 11.4 Å². The van der Waals surface area contributed by atoms with Gasteiger partial charge in [-0.3, -0.25) is 0 Å². The van der Waals surface area contributed by atoms with Crippen molar-refractivity contribution in [3.05, 3.63) is 28.0 Å². The van der Waals surface area contributed by atoms with E-state index in [1.54, 1.807) is 6.07 Å². The number of halogens is 2. The topological polar surface area (TPSA) is 44.3 Å². The SMILES string of the molecule is COc1cc([C@@H](C)N[S+]([O-])C(C)(C)C)cc(F)c1Br. The van der Waals surface area contributed by atoms with Gasteiger partial charge < -0.3 is 9.29 Å². The molecule has 1 aromatic rings. The summed E-state index contributed by atoms with van der Waals surface area (Å²) in [6, 6.07) is 2.89. The van der Waals surface area contributed by atoms with E-state index in [0.29, 0.717) is 15.8 Å². The molecule has 108 valence electrons. The molecule has 6 heteroatoms. The Balaban J connectivity index is 2.94. The van der Waals surface area contributed by atoms with Crippen LogP contribution in [0.2, 0.25) is 0 Å². The quantitative estimate of drug-likeness (QED) is 0.841. The highest BCUT2D eigenvalue weighted by atomic mass is 79.9. The number of rotatable bonds is 4. The second-order valence-electron chi connectivity index (χ2n) is 5.24. The van der Waals surface area contributed by atoms with Gasteiger partial charge in [-0.15, -0.1) is 4.72 Å². The van der Waals surface area contributed by atoms with Gasteiger partial charge in [0.15, 0.2) is 0 Å². The number of hydrogen-bond donors (Lipinski definition) is 1. The van der Waals surface area contributed by atoms with Crippen molar-refractivity contribution in [1.29, 1.82) is 0 Å². The zero-order chi connectivity index (χ0) is 14.8. The first-order valence-corrected chi connectivity index (χ1v) is 7.82. The van der Waals surface area contributed by atoms with Crippen molar-refractivity contribution in [2.75, 3.05) is 7.11 Å². The van der Waals surface area contributed by atoms with Gasteiger partial charge in [0.1, 0.15) is 16.3 Å². The first kappa shape index (κ1) is 16.8. The first-order valence-electron chi connectivity index (χ1n) is 5.87. The summed E-state index contributed by atoms with van der Waals surface area (Å²) in [6.07, 6.45) is 0. The highest BCUT2D eigenvalue weighted by molar-refractivity contribution is 9.10. The van der Waals surface area contributed by atoms with E-state index in [2.05, 4.69) is 20.7 Å². The highest BCUT2D eigenvalue weighted by Crippen LogP contribution is 2.31. The summed E-state index contributed by atoms with van der Waals surface area (Å²) in [7, 11) is 1.48. The van der Waals surface area contributed by atoms with E-state index in [4.69, 9.17) is 4.74 Å². The second kappa shape index (κ2) is 6.43. The van der Waals surface area contributed by atoms with Crippen molar-refractivity contribution in [2.45, 2.75) is 38.5 Å². The van der Waals surface area contributed by atoms with Crippen LogP contribution < -0.4 is 9.46 Å². The lowest BCUT2D eigenvalue weighted by Gasteiger charge is -2.26. The molecule has 0 fully saturated rings. The molecule has 1 N–H and O–H groups in total. The fourth-order valence-electron chi connectivity index (χ4n) is 1.39. The summed E-state index contributed by atoms with van der Waals surface area (Å²) in [5.41, 5.74) is 0.690. The molecule has 0 aliphatic carbocycles. The van der Waals surface area contributed by atoms with Gasteiger partial charge in [-0.2, -0.15) is 0 Å². The number of hydrogen-bond acceptors (Lipinski definition) is 3. The van der Waals surface area contributed by atoms with Crippen LogP contribution in [-0.4, -0.2) is 16.4 Å². The van der Waals surface area contributed by atoms with Crippen LogP contribution in [0.25, 0.3) is 0 Å². The van der Waals surface area contributed by atoms with Crippen molar-refractivity contribution in [3.63, 3.8) is 0 Å². The lowest BCUT2D eigenvalue weighted by atomic mass is 10.1. The molecule has 2 atom stereocenters. The fraction of sp³-hybridized carbons (Fsp3) is 0.538. The van der Waals surface area contributed by atoms with Gasteiger partial charge in [0.25, 0.3) is 0 Å². The molecule has 0 aliphatic heterocycles. The average Bonchev–Trinajstić information content (AvgIpc) is 2.31. The molecule has 0 saturated carbocycles. The third-order valence-corrected chi connectivity index (χ3v) is 5.03. The standard InChI is InChI=1S/C13H19BrFNO2S/c1-8(16-19(17)13(2,3)4)9-6-10(15)12(14)11(7-9)18-5/h6-8,16H,1-5H3/t8-,19?/m1/s1. The molecule has 0 aliphatic rings. The largest absolute Gasteiger partial charge is 0.598 e. The summed E-state index contributed by atoms with van der Waals surface area (Å²) in [4.78, 5) is 0. The predicted octanol–water partition coefficient (Wildman–Crippen LogP) is 3.71. The zero-order valence-corrected chi connectivity index (χ0v) is 14.1. The minimum absolute atomic E-state index is 0.239. The van der Waals surface area contributed by atoms with Gasteiger partial charge in [-0.25, -0.2) is 4.39 Å². The minimum atomic E-state index is -1.21. The summed E-state index contributed by atoms with van der Waals surface area (Å²) < 4.78 is 33.7. The Morgan fingerprint density at radius 2 is 2.00 bits per heavy atom. The van der Waals surface area contributed by atoms with Crippen molar-refractivity contribution in [2.24, 2.45) is 0 Å². The van der Waals surface area contributed by atoms with Gasteiger partial charge in [0.05, 0.1) is 17.6 Å². The van der Waals surface area contributed by atoms with Crippen molar-refractivity contribution in [1.82, 2.24) is 4.72 Å². The molecule has 19 heavy (non-hydrogen) atoms. The monoisotopic (exact) mass is 351 g/mol. The van der Waals surface area contributed by atoms with E-state index >= 15 is 0 Å². The molecular formula is C13H19BrFNO2S. The number of benzene rings is 1. The van der Waals surface area contributed by atoms with E-state index in [1.165, 1.54) is 13.2 Å². The van der Waals surface area contributed by atoms with E-state index < -0.39 is 17.2 Å². The Kier molecular flexibility index (Phi) is 5.67. The fourth-order valence-corrected chi connectivity index (χ4v) is 2.59. The van der Waals surface area contributed by atoms with Gasteiger partial charge in [0.2, 0.25) is 0 Å². The maximum atomic E-state index is 13.7. The van der Waals surface area contributed by atoms with Crippen LogP contribution in [0.4, 0.5) is 4.39 Å². The summed E-state index contributed by atoms with van der Waals surface area (Å²) in [5, 5.41) is 0. The number of methoxy groups -OCH3 is 1. The van der Waals surface area contributed by atoms with Crippen LogP contribution in [0.3, 0.4) is 0 Å². The second-order valence-corrected chi connectivity index (χ2v) is 8.03. The van der Waals surface area contributed by atoms with E-state index in [-0.39, 0.29) is 10.8 Å². The number of nitrogens with one attached hydrogen (secondary N) is 1. The van der Waals surface area contributed by atoms with Crippen molar-refractivity contribution in [3.8, 4) is 5.75 Å². The van der Waals surface area contributed by atoms with E-state index in [0.717, 1.165) is 0 Å². The van der Waals surface area contributed by atoms with Crippen LogP contribution in [-0.2, 0) is 11.4 Å². The van der Waals surface area contributed by atoms with E-state index in [1.807, 2.05) is 27.7 Å². The Labute approximate surface area is 125 Å². The third-order valence-electron chi connectivity index (χ3n) is 2.58. The molecule has 0 saturated heterocycles. The lowest BCUT2D eigenvalue weighted by molar-refractivity contribution is 0.406. The third kappa shape index (κ3) is 4.34. The Hall–Kier alpha value is -0.300. The molecule has 0 spiro atoms. The van der Waals surface area contributed by atoms with E-state index in [9.17, 15) is 8.94 Å². The summed E-state index contributed by atoms with van der Waals surface area (Å²) in [5.74, 6) is 0.0229. The molecule has 1 aromatic carbocycles. The van der Waals surface area contributed by atoms with Crippen LogP contribution in [0.1, 0.15) is 39.3 Å². The van der Waals surface area contributed by atoms with Gasteiger partial charge in [-0.05, 0) is 61.3 Å². The Morgan fingerprint density at radius 3 is 2.47 bits per heavy atom. The normalized spacial score (nSPS) is 15.2. The Morgan fingerprint density at radius 1 is 1.42 bits per heavy atom. The average molecular weight is 352 g/mol. The molecule has 3 nitrogen and oxygen atoms in total.